The van der Waals surface area contributed by atoms with Crippen molar-refractivity contribution in [2.24, 2.45) is 0 Å². The maximum Gasteiger partial charge on any atom is 0.410 e. The van der Waals surface area contributed by atoms with Crippen LogP contribution < -0.4 is 15.5 Å². The van der Waals surface area contributed by atoms with Crippen molar-refractivity contribution in [1.29, 1.82) is 0 Å². The molecule has 0 aliphatic carbocycles. The van der Waals surface area contributed by atoms with Crippen LogP contribution in [0.25, 0.3) is 32.8 Å². The highest BCUT2D eigenvalue weighted by molar-refractivity contribution is 6.35. The Morgan fingerprint density at radius 3 is 2.43 bits per heavy atom. The molecule has 13 nitrogen and oxygen atoms in total. The lowest BCUT2D eigenvalue weighted by molar-refractivity contribution is -0.136. The van der Waals surface area contributed by atoms with Gasteiger partial charge in [-0.3, -0.25) is 19.7 Å². The minimum Gasteiger partial charge on any atom is -0.508 e. The molecule has 2 saturated heterocycles. The van der Waals surface area contributed by atoms with Gasteiger partial charge in [0.2, 0.25) is 17.8 Å². The van der Waals surface area contributed by atoms with Gasteiger partial charge in [-0.15, -0.1) is 0 Å². The van der Waals surface area contributed by atoms with E-state index >= 15 is 4.39 Å². The summed E-state index contributed by atoms with van der Waals surface area (Å²) in [7, 11) is 0. The molecule has 1 atom stereocenters. The van der Waals surface area contributed by atoms with Gasteiger partial charge in [-0.2, -0.15) is 4.98 Å². The summed E-state index contributed by atoms with van der Waals surface area (Å²) in [4.78, 5) is 65.2. The van der Waals surface area contributed by atoms with Gasteiger partial charge in [0, 0.05) is 62.2 Å². The smallest absolute Gasteiger partial charge is 0.410 e. The molecule has 1 aromatic heterocycles. The number of aryl methyl sites for hydroxylation is 1. The van der Waals surface area contributed by atoms with Gasteiger partial charge in [-0.1, -0.05) is 73.7 Å². The second kappa shape index (κ2) is 18.4. The van der Waals surface area contributed by atoms with Gasteiger partial charge in [0.15, 0.2) is 5.82 Å². The number of hydrogen-bond donors (Lipinski definition) is 3. The van der Waals surface area contributed by atoms with Crippen LogP contribution in [-0.2, 0) is 27.3 Å². The number of halogens is 2. The van der Waals surface area contributed by atoms with Crippen LogP contribution in [-0.4, -0.2) is 93.1 Å². The number of piperazine rings is 1. The Labute approximate surface area is 370 Å². The number of carbonyl (C=O) groups excluding carboxylic acids is 4. The lowest BCUT2D eigenvalue weighted by Gasteiger charge is -2.36. The summed E-state index contributed by atoms with van der Waals surface area (Å²) in [5, 5.41) is 18.4. The highest BCUT2D eigenvalue weighted by atomic mass is 35.5. The SMILES string of the molecule is CC(C)(C)OC(=O)N1CCN(c2nc(NCCCCCCCCc3cccc4c3CN(C3CCC(=O)NC3=O)C4=O)nc3c(F)c(-c4cc(O)cc5ccccc45)c(Cl)cc23)CC1. The van der Waals surface area contributed by atoms with E-state index in [1.165, 1.54) is 6.07 Å². The van der Waals surface area contributed by atoms with E-state index in [9.17, 15) is 24.3 Å². The van der Waals surface area contributed by atoms with Crippen molar-refractivity contribution in [3.05, 3.63) is 88.2 Å². The molecular formula is C48H53ClFN7O6. The Morgan fingerprint density at radius 1 is 0.921 bits per heavy atom. The first-order chi connectivity index (χ1) is 30.3. The summed E-state index contributed by atoms with van der Waals surface area (Å²) in [5.41, 5.74) is 2.82. The lowest BCUT2D eigenvalue weighted by Crippen LogP contribution is -2.52. The van der Waals surface area contributed by atoms with Crippen LogP contribution in [0.2, 0.25) is 5.02 Å². The molecule has 8 rings (SSSR count). The third-order valence-electron chi connectivity index (χ3n) is 12.0. The maximum atomic E-state index is 17.0. The Kier molecular flexibility index (Phi) is 12.7. The van der Waals surface area contributed by atoms with Crippen LogP contribution in [0.3, 0.4) is 0 Å². The predicted molar refractivity (Wildman–Crippen MR) is 242 cm³/mol. The summed E-state index contributed by atoms with van der Waals surface area (Å²) >= 11 is 6.92. The van der Waals surface area contributed by atoms with Crippen molar-refractivity contribution < 1.29 is 33.4 Å². The number of aromatic hydroxyl groups is 1. The second-order valence-electron chi connectivity index (χ2n) is 17.6. The first kappa shape index (κ1) is 43.6. The number of fused-ring (bicyclic) bond motifs is 3. The van der Waals surface area contributed by atoms with E-state index in [2.05, 4.69) is 16.7 Å². The minimum atomic E-state index is -0.627. The zero-order valence-electron chi connectivity index (χ0n) is 35.9. The Morgan fingerprint density at radius 2 is 1.67 bits per heavy atom. The number of anilines is 2. The average Bonchev–Trinajstić information content (AvgIpc) is 3.58. The number of phenols is 1. The van der Waals surface area contributed by atoms with Crippen LogP contribution in [0.5, 0.6) is 5.75 Å². The van der Waals surface area contributed by atoms with E-state index in [-0.39, 0.29) is 52.1 Å². The fourth-order valence-corrected chi connectivity index (χ4v) is 9.20. The molecule has 330 valence electrons. The van der Waals surface area contributed by atoms with Crippen LogP contribution in [0.1, 0.15) is 93.6 Å². The largest absolute Gasteiger partial charge is 0.508 e. The Bertz CT molecular complexity index is 2590. The fourth-order valence-electron chi connectivity index (χ4n) is 8.91. The molecule has 3 N–H and O–H groups in total. The number of nitrogens with one attached hydrogen (secondary N) is 2. The van der Waals surface area contributed by atoms with Crippen molar-refractivity contribution in [2.75, 3.05) is 42.9 Å². The fraction of sp³-hybridized carbons (Fsp3) is 0.417. The van der Waals surface area contributed by atoms with Crippen molar-refractivity contribution in [1.82, 2.24) is 25.1 Å². The predicted octanol–water partition coefficient (Wildman–Crippen LogP) is 8.76. The van der Waals surface area contributed by atoms with Crippen LogP contribution in [0, 0.1) is 5.82 Å². The van der Waals surface area contributed by atoms with Crippen LogP contribution in [0.15, 0.2) is 60.7 Å². The summed E-state index contributed by atoms with van der Waals surface area (Å²) in [6.07, 6.45) is 6.90. The number of benzene rings is 4. The Balaban J connectivity index is 0.910. The van der Waals surface area contributed by atoms with E-state index in [1.54, 1.807) is 21.9 Å². The van der Waals surface area contributed by atoms with Gasteiger partial charge in [0.1, 0.15) is 28.7 Å². The molecule has 0 radical (unpaired) electrons. The first-order valence-corrected chi connectivity index (χ1v) is 22.3. The van der Waals surface area contributed by atoms with Gasteiger partial charge in [0.05, 0.1) is 5.02 Å². The molecule has 5 aromatic rings. The van der Waals surface area contributed by atoms with Crippen molar-refractivity contribution in [3.8, 4) is 16.9 Å². The topological polar surface area (TPSA) is 157 Å². The number of carbonyl (C=O) groups is 4. The molecule has 3 aliphatic heterocycles. The molecule has 4 aromatic carbocycles. The molecule has 0 saturated carbocycles. The lowest BCUT2D eigenvalue weighted by atomic mass is 9.96. The molecule has 2 fully saturated rings. The van der Waals surface area contributed by atoms with E-state index in [0.717, 1.165) is 66.8 Å². The zero-order chi connectivity index (χ0) is 44.4. The molecule has 15 heteroatoms. The number of piperidine rings is 1. The average molecular weight is 878 g/mol. The number of rotatable bonds is 13. The van der Waals surface area contributed by atoms with E-state index in [0.29, 0.717) is 68.0 Å². The van der Waals surface area contributed by atoms with E-state index < -0.39 is 23.4 Å². The molecule has 3 aliphatic rings. The zero-order valence-corrected chi connectivity index (χ0v) is 36.7. The molecule has 4 heterocycles. The standard InChI is InChI=1S/C48H53ClFN7O6/c1-48(2,3)63-47(62)56-23-21-55(22-24-56)43-35-27-37(49)40(34-26-31(58)25-30-14-9-10-16-32(30)34)41(50)42(35)53-46(54-43)51-20-11-7-5-4-6-8-13-29-15-12-17-33-36(29)28-57(45(33)61)38-18-19-39(59)52-44(38)60/h9-10,12,14-17,25-27,38,58H,4-8,11,13,18-24,28H2,1-3H3,(H,51,53,54)(H,52,59,60). The summed E-state index contributed by atoms with van der Waals surface area (Å²) in [6, 6.07) is 17.4. The normalized spacial score (nSPS) is 16.8. The summed E-state index contributed by atoms with van der Waals surface area (Å²) < 4.78 is 22.6. The molecule has 63 heavy (non-hydrogen) atoms. The van der Waals surface area contributed by atoms with Gasteiger partial charge < -0.3 is 29.9 Å². The molecule has 4 amide bonds. The molecular weight excluding hydrogens is 825 g/mol. The number of aromatic nitrogens is 2. The van der Waals surface area contributed by atoms with Gasteiger partial charge in [0.25, 0.3) is 5.91 Å². The van der Waals surface area contributed by atoms with Crippen molar-refractivity contribution in [3.63, 3.8) is 0 Å². The number of phenolic OH excluding ortho intramolecular Hbond substituents is 1. The number of amides is 4. The van der Waals surface area contributed by atoms with Crippen molar-refractivity contribution in [2.45, 2.75) is 96.7 Å². The van der Waals surface area contributed by atoms with Gasteiger partial charge >= 0.3 is 6.09 Å². The quantitative estimate of drug-likeness (QED) is 0.0772. The summed E-state index contributed by atoms with van der Waals surface area (Å²) in [5.74, 6) is -0.690. The second-order valence-corrected chi connectivity index (χ2v) is 18.0. The number of ether oxygens (including phenoxy) is 1. The first-order valence-electron chi connectivity index (χ1n) is 21.9. The number of nitrogens with zero attached hydrogens (tertiary/aromatic N) is 5. The third-order valence-corrected chi connectivity index (χ3v) is 12.3. The van der Waals surface area contributed by atoms with Gasteiger partial charge in [-0.05, 0) is 98.2 Å². The maximum absolute atomic E-state index is 17.0. The third kappa shape index (κ3) is 9.51. The number of imide groups is 1. The highest BCUT2D eigenvalue weighted by Crippen LogP contribution is 2.42. The van der Waals surface area contributed by atoms with Gasteiger partial charge in [-0.25, -0.2) is 14.2 Å². The number of unbranched alkanes of at least 4 members (excludes halogenated alkanes) is 5. The monoisotopic (exact) mass is 877 g/mol. The van der Waals surface area contributed by atoms with Crippen molar-refractivity contribution >= 4 is 68.9 Å². The minimum absolute atomic E-state index is 0.00927. The molecule has 0 bridgehead atoms. The van der Waals surface area contributed by atoms with Crippen LogP contribution >= 0.6 is 11.6 Å². The number of hydrogen-bond acceptors (Lipinski definition) is 10. The van der Waals surface area contributed by atoms with Crippen LogP contribution in [0.4, 0.5) is 21.0 Å². The molecule has 1 unspecified atom stereocenters. The summed E-state index contributed by atoms with van der Waals surface area (Å²) in [6.45, 7) is 8.12. The highest BCUT2D eigenvalue weighted by Gasteiger charge is 2.39. The molecule has 0 spiro atoms. The van der Waals surface area contributed by atoms with E-state index in [4.69, 9.17) is 26.3 Å². The Hall–Kier alpha value is -6.02. The van der Waals surface area contributed by atoms with E-state index in [1.807, 2.05) is 62.1 Å².